The van der Waals surface area contributed by atoms with Crippen molar-refractivity contribution < 1.29 is 19.1 Å². The molecule has 134 valence electrons. The number of nitrogens with zero attached hydrogens (tertiary/aromatic N) is 1. The van der Waals surface area contributed by atoms with Crippen LogP contribution in [0.5, 0.6) is 5.75 Å². The maximum absolute atomic E-state index is 11.7. The predicted octanol–water partition coefficient (Wildman–Crippen LogP) is 2.67. The van der Waals surface area contributed by atoms with Gasteiger partial charge in [-0.3, -0.25) is 15.0 Å². The van der Waals surface area contributed by atoms with Crippen LogP contribution in [0.3, 0.4) is 0 Å². The summed E-state index contributed by atoms with van der Waals surface area (Å²) < 4.78 is 10.4. The smallest absolute Gasteiger partial charge is 0.413 e. The minimum absolute atomic E-state index is 0.166. The topological polar surface area (TPSA) is 67.9 Å². The number of likely N-dealkylation sites (N-methyl/N-ethyl adjacent to an activating group) is 1. The van der Waals surface area contributed by atoms with Crippen molar-refractivity contribution in [3.63, 3.8) is 0 Å². The first-order chi connectivity index (χ1) is 11.4. The van der Waals surface area contributed by atoms with Gasteiger partial charge in [-0.25, -0.2) is 4.79 Å². The normalized spacial score (nSPS) is 10.5. The Bertz CT molecular complexity index is 526. The Morgan fingerprint density at radius 3 is 2.38 bits per heavy atom. The first-order valence-electron chi connectivity index (χ1n) is 8.34. The second-order valence-corrected chi connectivity index (χ2v) is 5.66. The number of carbonyl (C=O) groups excluding carboxylic acids is 2. The second-order valence-electron chi connectivity index (χ2n) is 5.66. The van der Waals surface area contributed by atoms with Gasteiger partial charge in [0.1, 0.15) is 5.75 Å². The van der Waals surface area contributed by atoms with E-state index in [9.17, 15) is 9.59 Å². The highest BCUT2D eigenvalue weighted by Gasteiger charge is 2.12. The fourth-order valence-corrected chi connectivity index (χ4v) is 2.37. The van der Waals surface area contributed by atoms with Gasteiger partial charge in [0, 0.05) is 6.54 Å². The molecule has 2 amide bonds. The van der Waals surface area contributed by atoms with Gasteiger partial charge < -0.3 is 9.47 Å². The summed E-state index contributed by atoms with van der Waals surface area (Å²) >= 11 is 0. The number of hydrogen-bond acceptors (Lipinski definition) is 5. The predicted molar refractivity (Wildman–Crippen MR) is 93.3 cm³/mol. The number of alkyl carbamates (subject to hydrolysis) is 1. The van der Waals surface area contributed by atoms with Crippen LogP contribution in [0.15, 0.2) is 18.2 Å². The number of amides is 2. The van der Waals surface area contributed by atoms with E-state index in [1.165, 1.54) is 11.1 Å². The van der Waals surface area contributed by atoms with Gasteiger partial charge in [-0.05, 0) is 57.0 Å². The zero-order chi connectivity index (χ0) is 17.9. The monoisotopic (exact) mass is 336 g/mol. The van der Waals surface area contributed by atoms with Crippen LogP contribution in [0.4, 0.5) is 4.79 Å². The Morgan fingerprint density at radius 1 is 1.12 bits per heavy atom. The summed E-state index contributed by atoms with van der Waals surface area (Å²) in [7, 11) is 0. The molecule has 6 heteroatoms. The zero-order valence-corrected chi connectivity index (χ0v) is 15.1. The van der Waals surface area contributed by atoms with Crippen molar-refractivity contribution in [1.29, 1.82) is 0 Å². The average Bonchev–Trinajstić information content (AvgIpc) is 2.49. The minimum atomic E-state index is -0.697. The summed E-state index contributed by atoms with van der Waals surface area (Å²) in [6.45, 7) is 10.2. The third-order valence-electron chi connectivity index (χ3n) is 3.41. The molecule has 0 fully saturated rings. The average molecular weight is 336 g/mol. The lowest BCUT2D eigenvalue weighted by atomic mass is 10.1. The van der Waals surface area contributed by atoms with Crippen LogP contribution < -0.4 is 10.1 Å². The summed E-state index contributed by atoms with van der Waals surface area (Å²) in [4.78, 5) is 24.9. The van der Waals surface area contributed by atoms with E-state index >= 15 is 0 Å². The molecule has 24 heavy (non-hydrogen) atoms. The van der Waals surface area contributed by atoms with Crippen LogP contribution in [0.2, 0.25) is 0 Å². The summed E-state index contributed by atoms with van der Waals surface area (Å²) in [5.41, 5.74) is 2.35. The second kappa shape index (κ2) is 10.6. The number of ether oxygens (including phenoxy) is 2. The van der Waals surface area contributed by atoms with Crippen LogP contribution in [0.25, 0.3) is 0 Å². The number of carbonyl (C=O) groups is 2. The van der Waals surface area contributed by atoms with Crippen molar-refractivity contribution in [1.82, 2.24) is 10.2 Å². The third-order valence-corrected chi connectivity index (χ3v) is 3.41. The van der Waals surface area contributed by atoms with Crippen molar-refractivity contribution in [3.8, 4) is 5.75 Å². The standard InChI is InChI=1S/C18H28N2O4/c1-5-20(13-17(21)19-18(22)23-6-2)8-7-9-24-16-11-14(3)10-15(4)12-16/h10-12H,5-9,13H2,1-4H3,(H,19,21,22). The van der Waals surface area contributed by atoms with Crippen LogP contribution >= 0.6 is 0 Å². The molecule has 0 saturated carbocycles. The van der Waals surface area contributed by atoms with Crippen molar-refractivity contribution in [2.75, 3.05) is 32.8 Å². The van der Waals surface area contributed by atoms with E-state index in [4.69, 9.17) is 4.74 Å². The van der Waals surface area contributed by atoms with Crippen molar-refractivity contribution >= 4 is 12.0 Å². The highest BCUT2D eigenvalue weighted by molar-refractivity contribution is 5.92. The molecule has 0 atom stereocenters. The van der Waals surface area contributed by atoms with Crippen LogP contribution in [-0.4, -0.2) is 49.7 Å². The van der Waals surface area contributed by atoms with Crippen LogP contribution in [0, 0.1) is 13.8 Å². The molecule has 1 N–H and O–H groups in total. The lowest BCUT2D eigenvalue weighted by Crippen LogP contribution is -2.40. The van der Waals surface area contributed by atoms with Crippen molar-refractivity contribution in [2.24, 2.45) is 0 Å². The van der Waals surface area contributed by atoms with Gasteiger partial charge in [-0.2, -0.15) is 0 Å². The minimum Gasteiger partial charge on any atom is -0.494 e. The molecule has 1 rings (SSSR count). The van der Waals surface area contributed by atoms with Crippen LogP contribution in [0.1, 0.15) is 31.4 Å². The Hall–Kier alpha value is -2.08. The van der Waals surface area contributed by atoms with E-state index in [0.29, 0.717) is 6.61 Å². The van der Waals surface area contributed by atoms with Gasteiger partial charge in [0.15, 0.2) is 0 Å². The number of benzene rings is 1. The molecule has 0 aromatic heterocycles. The molecule has 1 aromatic carbocycles. The van der Waals surface area contributed by atoms with Gasteiger partial charge >= 0.3 is 6.09 Å². The van der Waals surface area contributed by atoms with Crippen molar-refractivity contribution in [2.45, 2.75) is 34.1 Å². The zero-order valence-electron chi connectivity index (χ0n) is 15.1. The lowest BCUT2D eigenvalue weighted by Gasteiger charge is -2.19. The first-order valence-corrected chi connectivity index (χ1v) is 8.34. The molecule has 0 aliphatic carbocycles. The SMILES string of the molecule is CCOC(=O)NC(=O)CN(CC)CCCOc1cc(C)cc(C)c1. The Balaban J connectivity index is 2.30. The number of aryl methyl sites for hydroxylation is 2. The van der Waals surface area contributed by atoms with Crippen molar-refractivity contribution in [3.05, 3.63) is 29.3 Å². The largest absolute Gasteiger partial charge is 0.494 e. The molecule has 0 aliphatic rings. The molecule has 0 heterocycles. The molecule has 0 spiro atoms. The molecular formula is C18H28N2O4. The maximum Gasteiger partial charge on any atom is 0.413 e. The van der Waals surface area contributed by atoms with E-state index in [-0.39, 0.29) is 19.1 Å². The number of hydrogen-bond donors (Lipinski definition) is 1. The van der Waals surface area contributed by atoms with Gasteiger partial charge in [-0.15, -0.1) is 0 Å². The molecule has 0 bridgehead atoms. The van der Waals surface area contributed by atoms with Gasteiger partial charge in [-0.1, -0.05) is 13.0 Å². The highest BCUT2D eigenvalue weighted by Crippen LogP contribution is 2.16. The number of imide groups is 1. The molecule has 0 aliphatic heterocycles. The Kier molecular flexibility index (Phi) is 8.86. The quantitative estimate of drug-likeness (QED) is 0.702. The number of rotatable bonds is 9. The van der Waals surface area contributed by atoms with E-state index in [1.807, 2.05) is 37.8 Å². The highest BCUT2D eigenvalue weighted by atomic mass is 16.5. The summed E-state index contributed by atoms with van der Waals surface area (Å²) in [5, 5.41) is 2.20. The van der Waals surface area contributed by atoms with Gasteiger partial charge in [0.25, 0.3) is 0 Å². The fraction of sp³-hybridized carbons (Fsp3) is 0.556. The molecule has 1 aromatic rings. The molecule has 0 radical (unpaired) electrons. The van der Waals surface area contributed by atoms with Gasteiger partial charge in [0.2, 0.25) is 5.91 Å². The summed E-state index contributed by atoms with van der Waals surface area (Å²) in [6, 6.07) is 6.13. The maximum atomic E-state index is 11.7. The third kappa shape index (κ3) is 7.97. The van der Waals surface area contributed by atoms with E-state index in [1.54, 1.807) is 6.92 Å². The first kappa shape index (κ1) is 20.0. The van der Waals surface area contributed by atoms with Gasteiger partial charge in [0.05, 0.1) is 19.8 Å². The molecule has 6 nitrogen and oxygen atoms in total. The summed E-state index contributed by atoms with van der Waals surface area (Å²) in [5.74, 6) is 0.515. The van der Waals surface area contributed by atoms with E-state index < -0.39 is 6.09 Å². The molecule has 0 saturated heterocycles. The lowest BCUT2D eigenvalue weighted by molar-refractivity contribution is -0.121. The molecule has 0 unspecified atom stereocenters. The number of nitrogens with one attached hydrogen (secondary N) is 1. The van der Waals surface area contributed by atoms with E-state index in [2.05, 4.69) is 16.1 Å². The summed E-state index contributed by atoms with van der Waals surface area (Å²) in [6.07, 6.45) is 0.102. The van der Waals surface area contributed by atoms with Crippen LogP contribution in [-0.2, 0) is 9.53 Å². The Labute approximate surface area is 144 Å². The molecular weight excluding hydrogens is 308 g/mol. The van der Waals surface area contributed by atoms with E-state index in [0.717, 1.165) is 25.3 Å². The Morgan fingerprint density at radius 2 is 1.79 bits per heavy atom. The fourth-order valence-electron chi connectivity index (χ4n) is 2.37.